The van der Waals surface area contributed by atoms with E-state index in [9.17, 15) is 14.4 Å². The van der Waals surface area contributed by atoms with Gasteiger partial charge in [-0.25, -0.2) is 4.79 Å². The second-order valence-electron chi connectivity index (χ2n) is 9.61. The summed E-state index contributed by atoms with van der Waals surface area (Å²) in [5.74, 6) is -0.353. The molecule has 1 aromatic rings. The Morgan fingerprint density at radius 3 is 2.27 bits per heavy atom. The van der Waals surface area contributed by atoms with Crippen molar-refractivity contribution in [2.24, 2.45) is 17.1 Å². The standard InChI is InChI=1S/C23H33N3O4/c1-23(2,3)20(30-22(24)29)15-6-10-17(11-7-15)25-16-8-4-14(5-9-16)18-12-13-19(27)26-21(18)28/h4-5,8-9,15,17-18,20,25H,6-7,10-13H2,1-3H3,(H2,24,29)(H,26,27,28)/t15?,17?,18-,20-/m1/s1. The number of nitrogens with two attached hydrogens (primary N) is 1. The molecular weight excluding hydrogens is 382 g/mol. The van der Waals surface area contributed by atoms with Gasteiger partial charge in [-0.1, -0.05) is 32.9 Å². The van der Waals surface area contributed by atoms with E-state index in [0.29, 0.717) is 24.8 Å². The molecule has 1 saturated carbocycles. The second kappa shape index (κ2) is 9.06. The van der Waals surface area contributed by atoms with Gasteiger partial charge >= 0.3 is 6.09 Å². The third kappa shape index (κ3) is 5.52. The summed E-state index contributed by atoms with van der Waals surface area (Å²) in [7, 11) is 0. The Hall–Kier alpha value is -2.57. The lowest BCUT2D eigenvalue weighted by Gasteiger charge is -2.39. The number of primary amides is 1. The largest absolute Gasteiger partial charge is 0.446 e. The Kier molecular flexibility index (Phi) is 6.68. The summed E-state index contributed by atoms with van der Waals surface area (Å²) < 4.78 is 5.46. The molecule has 0 spiro atoms. The molecular formula is C23H33N3O4. The number of benzene rings is 1. The Morgan fingerprint density at radius 2 is 1.73 bits per heavy atom. The highest BCUT2D eigenvalue weighted by molar-refractivity contribution is 6.00. The van der Waals surface area contributed by atoms with Crippen molar-refractivity contribution in [2.75, 3.05) is 5.32 Å². The summed E-state index contributed by atoms with van der Waals surface area (Å²) in [4.78, 5) is 34.7. The van der Waals surface area contributed by atoms with Gasteiger partial charge in [0.15, 0.2) is 0 Å². The minimum Gasteiger partial charge on any atom is -0.446 e. The van der Waals surface area contributed by atoms with E-state index in [4.69, 9.17) is 10.5 Å². The highest BCUT2D eigenvalue weighted by Gasteiger charge is 2.37. The van der Waals surface area contributed by atoms with Crippen molar-refractivity contribution >= 4 is 23.6 Å². The van der Waals surface area contributed by atoms with Crippen LogP contribution >= 0.6 is 0 Å². The summed E-state index contributed by atoms with van der Waals surface area (Å²) >= 11 is 0. The maximum Gasteiger partial charge on any atom is 0.404 e. The summed E-state index contributed by atoms with van der Waals surface area (Å²) in [5.41, 5.74) is 7.10. The van der Waals surface area contributed by atoms with Crippen LogP contribution in [-0.2, 0) is 14.3 Å². The molecule has 2 aliphatic rings. The molecule has 1 heterocycles. The first-order valence-electron chi connectivity index (χ1n) is 10.8. The number of amides is 3. The number of carbonyl (C=O) groups is 3. The van der Waals surface area contributed by atoms with E-state index in [-0.39, 0.29) is 29.3 Å². The predicted octanol–water partition coefficient (Wildman–Crippen LogP) is 3.69. The fourth-order valence-electron chi connectivity index (χ4n) is 4.73. The quantitative estimate of drug-likeness (QED) is 0.635. The molecule has 1 aliphatic carbocycles. The Bertz CT molecular complexity index is 777. The summed E-state index contributed by atoms with van der Waals surface area (Å²) in [6.07, 6.45) is 4.00. The van der Waals surface area contributed by atoms with Gasteiger partial charge in [-0.15, -0.1) is 0 Å². The summed E-state index contributed by atoms with van der Waals surface area (Å²) in [6, 6.07) is 8.28. The third-order valence-electron chi connectivity index (χ3n) is 6.22. The van der Waals surface area contributed by atoms with Crippen molar-refractivity contribution in [3.63, 3.8) is 0 Å². The summed E-state index contributed by atoms with van der Waals surface area (Å²) in [6.45, 7) is 6.24. The van der Waals surface area contributed by atoms with Crippen molar-refractivity contribution in [2.45, 2.75) is 77.4 Å². The van der Waals surface area contributed by atoms with Crippen LogP contribution in [0.4, 0.5) is 10.5 Å². The van der Waals surface area contributed by atoms with Gasteiger partial charge < -0.3 is 15.8 Å². The Labute approximate surface area is 178 Å². The van der Waals surface area contributed by atoms with E-state index in [1.54, 1.807) is 0 Å². The fourth-order valence-corrected chi connectivity index (χ4v) is 4.73. The van der Waals surface area contributed by atoms with Crippen LogP contribution in [0.2, 0.25) is 0 Å². The molecule has 0 bridgehead atoms. The van der Waals surface area contributed by atoms with Gasteiger partial charge in [0.2, 0.25) is 11.8 Å². The van der Waals surface area contributed by atoms with Gasteiger partial charge in [0.1, 0.15) is 6.10 Å². The van der Waals surface area contributed by atoms with Gasteiger partial charge in [0, 0.05) is 18.2 Å². The zero-order valence-corrected chi connectivity index (χ0v) is 18.1. The number of anilines is 1. The number of hydrogen-bond donors (Lipinski definition) is 3. The van der Waals surface area contributed by atoms with Crippen molar-refractivity contribution in [1.82, 2.24) is 5.32 Å². The molecule has 1 saturated heterocycles. The maximum absolute atomic E-state index is 12.0. The van der Waals surface area contributed by atoms with E-state index in [1.165, 1.54) is 0 Å². The maximum atomic E-state index is 12.0. The molecule has 7 nitrogen and oxygen atoms in total. The third-order valence-corrected chi connectivity index (χ3v) is 6.22. The number of carbonyl (C=O) groups excluding carboxylic acids is 3. The van der Waals surface area contributed by atoms with Crippen LogP contribution in [0.25, 0.3) is 0 Å². The van der Waals surface area contributed by atoms with Gasteiger partial charge in [0.05, 0.1) is 5.92 Å². The van der Waals surface area contributed by atoms with Crippen LogP contribution < -0.4 is 16.4 Å². The molecule has 1 aromatic carbocycles. The van der Waals surface area contributed by atoms with E-state index < -0.39 is 6.09 Å². The first kappa shape index (κ1) is 22.1. The molecule has 1 aliphatic heterocycles. The van der Waals surface area contributed by atoms with Crippen molar-refractivity contribution in [1.29, 1.82) is 0 Å². The molecule has 7 heteroatoms. The molecule has 3 amide bonds. The van der Waals surface area contributed by atoms with Crippen LogP contribution in [0.1, 0.15) is 70.8 Å². The zero-order chi connectivity index (χ0) is 21.9. The molecule has 164 valence electrons. The average Bonchev–Trinajstić information content (AvgIpc) is 2.67. The molecule has 4 N–H and O–H groups in total. The Morgan fingerprint density at radius 1 is 1.10 bits per heavy atom. The predicted molar refractivity (Wildman–Crippen MR) is 115 cm³/mol. The van der Waals surface area contributed by atoms with Crippen molar-refractivity contribution in [3.05, 3.63) is 29.8 Å². The smallest absolute Gasteiger partial charge is 0.404 e. The minimum absolute atomic E-state index is 0.147. The molecule has 0 aromatic heterocycles. The van der Waals surface area contributed by atoms with Crippen LogP contribution in [0.15, 0.2) is 24.3 Å². The number of hydrogen-bond acceptors (Lipinski definition) is 5. The average molecular weight is 416 g/mol. The number of nitrogens with one attached hydrogen (secondary N) is 2. The lowest BCUT2D eigenvalue weighted by atomic mass is 9.73. The Balaban J connectivity index is 1.54. The number of piperidine rings is 1. The number of imide groups is 1. The van der Waals surface area contributed by atoms with E-state index >= 15 is 0 Å². The van der Waals surface area contributed by atoms with Crippen molar-refractivity contribution in [3.8, 4) is 0 Å². The first-order valence-corrected chi connectivity index (χ1v) is 10.8. The van der Waals surface area contributed by atoms with Gasteiger partial charge in [-0.05, 0) is 61.1 Å². The van der Waals surface area contributed by atoms with Crippen molar-refractivity contribution < 1.29 is 19.1 Å². The second-order valence-corrected chi connectivity index (χ2v) is 9.61. The number of ether oxygens (including phenoxy) is 1. The van der Waals surface area contributed by atoms with Crippen LogP contribution in [-0.4, -0.2) is 30.1 Å². The molecule has 2 atom stereocenters. The lowest BCUT2D eigenvalue weighted by Crippen LogP contribution is -2.42. The van der Waals surface area contributed by atoms with Gasteiger partial charge in [0.25, 0.3) is 0 Å². The minimum atomic E-state index is -0.703. The van der Waals surface area contributed by atoms with Crippen LogP contribution in [0.3, 0.4) is 0 Å². The normalized spacial score (nSPS) is 25.9. The SMILES string of the molecule is CC(C)(C)[C@H](OC(N)=O)C1CCC(Nc2ccc([C@H]3CCC(=O)NC3=O)cc2)CC1. The molecule has 0 radical (unpaired) electrons. The summed E-state index contributed by atoms with van der Waals surface area (Å²) in [5, 5.41) is 5.99. The van der Waals surface area contributed by atoms with Crippen LogP contribution in [0, 0.1) is 11.3 Å². The van der Waals surface area contributed by atoms with E-state index in [0.717, 1.165) is 36.9 Å². The highest BCUT2D eigenvalue weighted by Crippen LogP contribution is 2.37. The zero-order valence-electron chi connectivity index (χ0n) is 18.1. The van der Waals surface area contributed by atoms with Gasteiger partial charge in [-0.2, -0.15) is 0 Å². The molecule has 0 unspecified atom stereocenters. The monoisotopic (exact) mass is 415 g/mol. The number of rotatable bonds is 5. The molecule has 3 rings (SSSR count). The van der Waals surface area contributed by atoms with Crippen LogP contribution in [0.5, 0.6) is 0 Å². The highest BCUT2D eigenvalue weighted by atomic mass is 16.6. The van der Waals surface area contributed by atoms with E-state index in [1.807, 2.05) is 24.3 Å². The first-order chi connectivity index (χ1) is 14.1. The van der Waals surface area contributed by atoms with Gasteiger partial charge in [-0.3, -0.25) is 14.9 Å². The molecule has 30 heavy (non-hydrogen) atoms. The van der Waals surface area contributed by atoms with E-state index in [2.05, 4.69) is 31.4 Å². The lowest BCUT2D eigenvalue weighted by molar-refractivity contribution is -0.134. The molecule has 2 fully saturated rings. The topological polar surface area (TPSA) is 111 Å². The fraction of sp³-hybridized carbons (Fsp3) is 0.609.